The van der Waals surface area contributed by atoms with Crippen molar-refractivity contribution in [2.45, 2.75) is 50.6 Å². The summed E-state index contributed by atoms with van der Waals surface area (Å²) in [5.74, 6) is 0.0403. The van der Waals surface area contributed by atoms with Crippen LogP contribution < -0.4 is 5.73 Å². The van der Waals surface area contributed by atoms with Crippen molar-refractivity contribution < 1.29 is 4.79 Å². The van der Waals surface area contributed by atoms with E-state index in [4.69, 9.17) is 11.0 Å². The second-order valence-corrected chi connectivity index (χ2v) is 5.83. The van der Waals surface area contributed by atoms with Crippen LogP contribution in [-0.4, -0.2) is 27.9 Å². The molecule has 1 aromatic heterocycles. The Kier molecular flexibility index (Phi) is 5.29. The average Bonchev–Trinajstić information content (AvgIpc) is 2.90. The van der Waals surface area contributed by atoms with Crippen LogP contribution in [0.1, 0.15) is 44.1 Å². The summed E-state index contributed by atoms with van der Waals surface area (Å²) in [7, 11) is 0. The summed E-state index contributed by atoms with van der Waals surface area (Å²) in [5, 5.41) is 8.77. The van der Waals surface area contributed by atoms with Crippen LogP contribution in [0.15, 0.2) is 24.5 Å². The molecule has 1 saturated carbocycles. The van der Waals surface area contributed by atoms with Crippen LogP contribution in [0, 0.1) is 11.3 Å². The van der Waals surface area contributed by atoms with E-state index in [1.165, 1.54) is 0 Å². The molecule has 2 N–H and O–H groups in total. The minimum absolute atomic E-state index is 0.0403. The van der Waals surface area contributed by atoms with Gasteiger partial charge in [0.2, 0.25) is 5.91 Å². The molecule has 0 aliphatic heterocycles. The van der Waals surface area contributed by atoms with Crippen molar-refractivity contribution in [3.63, 3.8) is 0 Å². The van der Waals surface area contributed by atoms with E-state index in [0.717, 1.165) is 31.2 Å². The van der Waals surface area contributed by atoms with Crippen molar-refractivity contribution in [2.75, 3.05) is 6.54 Å². The molecule has 1 aromatic rings. The second kappa shape index (κ2) is 7.19. The van der Waals surface area contributed by atoms with Crippen LogP contribution >= 0.6 is 0 Å². The number of pyridine rings is 1. The first-order valence-electron chi connectivity index (χ1n) is 7.45. The van der Waals surface area contributed by atoms with Gasteiger partial charge in [-0.2, -0.15) is 5.26 Å². The molecule has 0 radical (unpaired) electrons. The number of carbonyl (C=O) groups is 1. The highest BCUT2D eigenvalue weighted by Crippen LogP contribution is 2.30. The van der Waals surface area contributed by atoms with Crippen molar-refractivity contribution >= 4 is 5.91 Å². The first kappa shape index (κ1) is 15.5. The minimum Gasteiger partial charge on any atom is -0.337 e. The smallest absolute Gasteiger partial charge is 0.224 e. The van der Waals surface area contributed by atoms with E-state index in [1.54, 1.807) is 17.3 Å². The SMILES string of the molecule is N#CCCN(Cc1cccnc1)C(=O)CC1(N)CCCC1. The normalized spacial score (nSPS) is 16.4. The minimum atomic E-state index is -0.350. The zero-order valence-corrected chi connectivity index (χ0v) is 12.3. The van der Waals surface area contributed by atoms with Gasteiger partial charge in [0.1, 0.15) is 0 Å². The summed E-state index contributed by atoms with van der Waals surface area (Å²) in [6.45, 7) is 0.935. The van der Waals surface area contributed by atoms with Crippen molar-refractivity contribution in [2.24, 2.45) is 5.73 Å². The van der Waals surface area contributed by atoms with E-state index in [-0.39, 0.29) is 11.4 Å². The maximum absolute atomic E-state index is 12.5. The molecule has 1 aliphatic rings. The van der Waals surface area contributed by atoms with Crippen LogP contribution in [0.3, 0.4) is 0 Å². The number of nitrogens with zero attached hydrogens (tertiary/aromatic N) is 3. The van der Waals surface area contributed by atoms with Crippen LogP contribution in [0.2, 0.25) is 0 Å². The fourth-order valence-corrected chi connectivity index (χ4v) is 2.86. The summed E-state index contributed by atoms with van der Waals surface area (Å²) in [4.78, 5) is 18.3. The standard InChI is InChI=1S/C16H22N4O/c17-8-4-10-20(13-14-5-3-9-19-12-14)15(21)11-16(18)6-1-2-7-16/h3,5,9,12H,1-2,4,6-7,10-11,13,18H2. The number of nitriles is 1. The predicted octanol–water partition coefficient (Wildman–Crippen LogP) is 1.99. The van der Waals surface area contributed by atoms with Crippen molar-refractivity contribution in [1.29, 1.82) is 5.26 Å². The zero-order valence-electron chi connectivity index (χ0n) is 12.3. The lowest BCUT2D eigenvalue weighted by Gasteiger charge is -2.28. The molecule has 1 fully saturated rings. The quantitative estimate of drug-likeness (QED) is 0.866. The summed E-state index contributed by atoms with van der Waals surface area (Å²) >= 11 is 0. The molecule has 1 amide bonds. The molecule has 0 unspecified atom stereocenters. The molecule has 0 spiro atoms. The highest BCUT2D eigenvalue weighted by Gasteiger charge is 2.33. The van der Waals surface area contributed by atoms with Gasteiger partial charge in [-0.05, 0) is 24.5 Å². The van der Waals surface area contributed by atoms with Crippen molar-refractivity contribution in [3.05, 3.63) is 30.1 Å². The largest absolute Gasteiger partial charge is 0.337 e. The molecule has 5 nitrogen and oxygen atoms in total. The van der Waals surface area contributed by atoms with Gasteiger partial charge >= 0.3 is 0 Å². The first-order chi connectivity index (χ1) is 10.1. The molecular formula is C16H22N4O. The third-order valence-corrected chi connectivity index (χ3v) is 4.05. The Bertz CT molecular complexity index is 503. The number of aromatic nitrogens is 1. The van der Waals surface area contributed by atoms with Gasteiger partial charge in [-0.1, -0.05) is 18.9 Å². The molecule has 0 aromatic carbocycles. The molecule has 0 atom stereocenters. The topological polar surface area (TPSA) is 83.0 Å². The lowest BCUT2D eigenvalue weighted by molar-refractivity contribution is -0.133. The van der Waals surface area contributed by atoms with Crippen molar-refractivity contribution in [3.8, 4) is 6.07 Å². The van der Waals surface area contributed by atoms with E-state index in [9.17, 15) is 4.79 Å². The lowest BCUT2D eigenvalue weighted by atomic mass is 9.94. The third kappa shape index (κ3) is 4.54. The summed E-state index contributed by atoms with van der Waals surface area (Å²) < 4.78 is 0. The fraction of sp³-hybridized carbons (Fsp3) is 0.562. The van der Waals surface area contributed by atoms with Gasteiger partial charge in [0.15, 0.2) is 0 Å². The summed E-state index contributed by atoms with van der Waals surface area (Å²) in [6, 6.07) is 5.89. The highest BCUT2D eigenvalue weighted by atomic mass is 16.2. The molecule has 5 heteroatoms. The highest BCUT2D eigenvalue weighted by molar-refractivity contribution is 5.77. The molecule has 112 valence electrons. The second-order valence-electron chi connectivity index (χ2n) is 5.83. The molecule has 2 rings (SSSR count). The Morgan fingerprint density at radius 3 is 2.86 bits per heavy atom. The van der Waals surface area contributed by atoms with Crippen LogP contribution in [-0.2, 0) is 11.3 Å². The molecule has 1 aliphatic carbocycles. The van der Waals surface area contributed by atoms with Gasteiger partial charge in [0, 0.05) is 37.4 Å². The van der Waals surface area contributed by atoms with Gasteiger partial charge in [0.25, 0.3) is 0 Å². The Hall–Kier alpha value is -1.93. The number of carbonyl (C=O) groups excluding carboxylic acids is 1. The van der Waals surface area contributed by atoms with Gasteiger partial charge in [-0.3, -0.25) is 9.78 Å². The number of hydrogen-bond donors (Lipinski definition) is 1. The maximum atomic E-state index is 12.5. The van der Waals surface area contributed by atoms with Gasteiger partial charge in [0.05, 0.1) is 12.5 Å². The number of amides is 1. The summed E-state index contributed by atoms with van der Waals surface area (Å²) in [6.07, 6.45) is 8.20. The lowest BCUT2D eigenvalue weighted by Crippen LogP contribution is -2.43. The number of rotatable bonds is 6. The van der Waals surface area contributed by atoms with Gasteiger partial charge < -0.3 is 10.6 Å². The van der Waals surface area contributed by atoms with E-state index in [0.29, 0.717) is 25.9 Å². The maximum Gasteiger partial charge on any atom is 0.224 e. The summed E-state index contributed by atoms with van der Waals surface area (Å²) in [5.41, 5.74) is 6.92. The van der Waals surface area contributed by atoms with Crippen LogP contribution in [0.25, 0.3) is 0 Å². The van der Waals surface area contributed by atoms with Crippen molar-refractivity contribution in [1.82, 2.24) is 9.88 Å². The van der Waals surface area contributed by atoms with E-state index >= 15 is 0 Å². The number of hydrogen-bond acceptors (Lipinski definition) is 4. The Balaban J connectivity index is 2.01. The predicted molar refractivity (Wildman–Crippen MR) is 79.9 cm³/mol. The first-order valence-corrected chi connectivity index (χ1v) is 7.45. The fourth-order valence-electron chi connectivity index (χ4n) is 2.86. The van der Waals surface area contributed by atoms with Crippen LogP contribution in [0.5, 0.6) is 0 Å². The molecular weight excluding hydrogens is 264 g/mol. The zero-order chi connectivity index (χ0) is 15.1. The Morgan fingerprint density at radius 1 is 1.48 bits per heavy atom. The monoisotopic (exact) mass is 286 g/mol. The molecule has 0 saturated heterocycles. The van der Waals surface area contributed by atoms with E-state index < -0.39 is 0 Å². The average molecular weight is 286 g/mol. The molecule has 0 bridgehead atoms. The Morgan fingerprint density at radius 2 is 2.24 bits per heavy atom. The van der Waals surface area contributed by atoms with Crippen LogP contribution in [0.4, 0.5) is 0 Å². The van der Waals surface area contributed by atoms with E-state index in [2.05, 4.69) is 11.1 Å². The van der Waals surface area contributed by atoms with Gasteiger partial charge in [-0.15, -0.1) is 0 Å². The number of nitrogens with two attached hydrogens (primary N) is 1. The van der Waals surface area contributed by atoms with E-state index in [1.807, 2.05) is 12.1 Å². The van der Waals surface area contributed by atoms with Gasteiger partial charge in [-0.25, -0.2) is 0 Å². The third-order valence-electron chi connectivity index (χ3n) is 4.05. The Labute approximate surface area is 125 Å². The molecule has 21 heavy (non-hydrogen) atoms. The molecule has 1 heterocycles.